The second-order valence-corrected chi connectivity index (χ2v) is 3.70. The lowest BCUT2D eigenvalue weighted by Crippen LogP contribution is -2.37. The van der Waals surface area contributed by atoms with E-state index in [-0.39, 0.29) is 6.61 Å². The first-order valence-electron chi connectivity index (χ1n) is 5.50. The molecule has 3 N–H and O–H groups in total. The summed E-state index contributed by atoms with van der Waals surface area (Å²) < 4.78 is 0. The largest absolute Gasteiger partial charge is 0.396 e. The third-order valence-electron chi connectivity index (χ3n) is 2.47. The predicted octanol–water partition coefficient (Wildman–Crippen LogP) is 0.334. The van der Waals surface area contributed by atoms with Crippen molar-refractivity contribution in [3.63, 3.8) is 0 Å². The maximum atomic E-state index is 8.88. The van der Waals surface area contributed by atoms with Crippen molar-refractivity contribution < 1.29 is 5.11 Å². The summed E-state index contributed by atoms with van der Waals surface area (Å²) in [6, 6.07) is 0. The SMILES string of the molecule is CCCC(CCO)CNC1=NCCN1. The predicted molar refractivity (Wildman–Crippen MR) is 58.4 cm³/mol. The summed E-state index contributed by atoms with van der Waals surface area (Å²) in [6.07, 6.45) is 3.22. The zero-order valence-corrected chi connectivity index (χ0v) is 8.92. The first-order valence-corrected chi connectivity index (χ1v) is 5.50. The summed E-state index contributed by atoms with van der Waals surface area (Å²) in [5, 5.41) is 15.3. The van der Waals surface area contributed by atoms with Crippen molar-refractivity contribution in [1.29, 1.82) is 0 Å². The number of hydrogen-bond donors (Lipinski definition) is 3. The van der Waals surface area contributed by atoms with Gasteiger partial charge in [-0.3, -0.25) is 4.99 Å². The average molecular weight is 199 g/mol. The zero-order valence-electron chi connectivity index (χ0n) is 8.92. The third-order valence-corrected chi connectivity index (χ3v) is 2.47. The van der Waals surface area contributed by atoms with Gasteiger partial charge in [0.25, 0.3) is 0 Å². The Labute approximate surface area is 85.8 Å². The van der Waals surface area contributed by atoms with Crippen molar-refractivity contribution in [2.75, 3.05) is 26.2 Å². The molecule has 0 aromatic carbocycles. The molecule has 82 valence electrons. The third kappa shape index (κ3) is 3.96. The minimum absolute atomic E-state index is 0.284. The normalized spacial score (nSPS) is 17.4. The fraction of sp³-hybridized carbons (Fsp3) is 0.900. The van der Waals surface area contributed by atoms with E-state index in [4.69, 9.17) is 5.11 Å². The molecule has 0 saturated heterocycles. The molecule has 0 spiro atoms. The summed E-state index contributed by atoms with van der Waals surface area (Å²) in [4.78, 5) is 4.26. The first kappa shape index (κ1) is 11.3. The van der Waals surface area contributed by atoms with Crippen molar-refractivity contribution in [3.8, 4) is 0 Å². The molecule has 0 bridgehead atoms. The fourth-order valence-electron chi connectivity index (χ4n) is 1.70. The highest BCUT2D eigenvalue weighted by Crippen LogP contribution is 2.09. The van der Waals surface area contributed by atoms with Crippen molar-refractivity contribution in [3.05, 3.63) is 0 Å². The molecule has 1 unspecified atom stereocenters. The van der Waals surface area contributed by atoms with Gasteiger partial charge in [0, 0.05) is 19.7 Å². The van der Waals surface area contributed by atoms with E-state index in [0.717, 1.165) is 32.0 Å². The van der Waals surface area contributed by atoms with Crippen molar-refractivity contribution >= 4 is 5.96 Å². The van der Waals surface area contributed by atoms with E-state index in [9.17, 15) is 0 Å². The summed E-state index contributed by atoms with van der Waals surface area (Å²) in [5.41, 5.74) is 0. The molecule has 0 aromatic heterocycles. The maximum Gasteiger partial charge on any atom is 0.191 e. The second-order valence-electron chi connectivity index (χ2n) is 3.70. The molecule has 4 heteroatoms. The van der Waals surface area contributed by atoms with Gasteiger partial charge in [-0.25, -0.2) is 0 Å². The standard InChI is InChI=1S/C10H21N3O/c1-2-3-9(4-7-14)8-13-10-11-5-6-12-10/h9,14H,2-8H2,1H3,(H2,11,12,13). The number of nitrogens with zero attached hydrogens (tertiary/aromatic N) is 1. The van der Waals surface area contributed by atoms with Gasteiger partial charge in [-0.15, -0.1) is 0 Å². The summed E-state index contributed by atoms with van der Waals surface area (Å²) in [5.74, 6) is 1.49. The highest BCUT2D eigenvalue weighted by Gasteiger charge is 2.09. The second kappa shape index (κ2) is 6.65. The van der Waals surface area contributed by atoms with E-state index in [1.807, 2.05) is 0 Å². The zero-order chi connectivity index (χ0) is 10.2. The van der Waals surface area contributed by atoms with Crippen LogP contribution >= 0.6 is 0 Å². The molecule has 0 amide bonds. The van der Waals surface area contributed by atoms with Gasteiger partial charge in [0.05, 0.1) is 6.54 Å². The average Bonchev–Trinajstić information content (AvgIpc) is 2.67. The fourth-order valence-corrected chi connectivity index (χ4v) is 1.70. The lowest BCUT2D eigenvalue weighted by Gasteiger charge is -2.16. The molecule has 0 saturated carbocycles. The summed E-state index contributed by atoms with van der Waals surface area (Å²) in [6.45, 7) is 5.20. The van der Waals surface area contributed by atoms with Gasteiger partial charge in [0.1, 0.15) is 0 Å². The van der Waals surface area contributed by atoms with Crippen molar-refractivity contribution in [1.82, 2.24) is 10.6 Å². The molecule has 1 atom stereocenters. The van der Waals surface area contributed by atoms with E-state index in [0.29, 0.717) is 5.92 Å². The number of rotatable bonds is 6. The maximum absolute atomic E-state index is 8.88. The molecular formula is C10H21N3O. The molecule has 0 radical (unpaired) electrons. The van der Waals surface area contributed by atoms with Crippen LogP contribution in [-0.4, -0.2) is 37.3 Å². The Morgan fingerprint density at radius 2 is 2.43 bits per heavy atom. The van der Waals surface area contributed by atoms with Gasteiger partial charge in [0.15, 0.2) is 5.96 Å². The van der Waals surface area contributed by atoms with Crippen LogP contribution in [0.3, 0.4) is 0 Å². The Kier molecular flexibility index (Phi) is 5.37. The molecule has 1 rings (SSSR count). The molecule has 1 aliphatic rings. The van der Waals surface area contributed by atoms with Crippen LogP contribution in [0.1, 0.15) is 26.2 Å². The van der Waals surface area contributed by atoms with Crippen molar-refractivity contribution in [2.45, 2.75) is 26.2 Å². The molecule has 1 aliphatic heterocycles. The number of guanidine groups is 1. The summed E-state index contributed by atoms with van der Waals surface area (Å²) in [7, 11) is 0. The van der Waals surface area contributed by atoms with Crippen LogP contribution in [0, 0.1) is 5.92 Å². The van der Waals surface area contributed by atoms with E-state index < -0.39 is 0 Å². The number of nitrogens with one attached hydrogen (secondary N) is 2. The van der Waals surface area contributed by atoms with Crippen LogP contribution in [0.4, 0.5) is 0 Å². The molecule has 0 fully saturated rings. The first-order chi connectivity index (χ1) is 6.86. The number of hydrogen-bond acceptors (Lipinski definition) is 4. The molecule has 1 heterocycles. The molecule has 4 nitrogen and oxygen atoms in total. The van der Waals surface area contributed by atoms with Gasteiger partial charge < -0.3 is 15.7 Å². The molecule has 0 aliphatic carbocycles. The van der Waals surface area contributed by atoms with E-state index in [2.05, 4.69) is 22.5 Å². The van der Waals surface area contributed by atoms with Crippen LogP contribution in [0.25, 0.3) is 0 Å². The van der Waals surface area contributed by atoms with Crippen LogP contribution in [0.2, 0.25) is 0 Å². The van der Waals surface area contributed by atoms with Crippen LogP contribution in [0.15, 0.2) is 4.99 Å². The minimum atomic E-state index is 0.284. The van der Waals surface area contributed by atoms with Gasteiger partial charge >= 0.3 is 0 Å². The lowest BCUT2D eigenvalue weighted by molar-refractivity contribution is 0.251. The number of aliphatic hydroxyl groups is 1. The molecule has 0 aromatic rings. The van der Waals surface area contributed by atoms with Gasteiger partial charge in [-0.2, -0.15) is 0 Å². The minimum Gasteiger partial charge on any atom is -0.396 e. The van der Waals surface area contributed by atoms with E-state index >= 15 is 0 Å². The van der Waals surface area contributed by atoms with Crippen LogP contribution in [-0.2, 0) is 0 Å². The van der Waals surface area contributed by atoms with E-state index in [1.165, 1.54) is 12.8 Å². The highest BCUT2D eigenvalue weighted by molar-refractivity contribution is 5.81. The highest BCUT2D eigenvalue weighted by atomic mass is 16.3. The lowest BCUT2D eigenvalue weighted by atomic mass is 10.0. The van der Waals surface area contributed by atoms with Crippen molar-refractivity contribution in [2.24, 2.45) is 10.9 Å². The summed E-state index contributed by atoms with van der Waals surface area (Å²) >= 11 is 0. The number of aliphatic imine (C=N–C) groups is 1. The Balaban J connectivity index is 2.17. The molecule has 14 heavy (non-hydrogen) atoms. The Morgan fingerprint density at radius 3 is 3.00 bits per heavy atom. The Bertz CT molecular complexity index is 176. The Morgan fingerprint density at radius 1 is 1.57 bits per heavy atom. The Hall–Kier alpha value is -0.770. The quantitative estimate of drug-likeness (QED) is 0.578. The van der Waals surface area contributed by atoms with Gasteiger partial charge in [-0.05, 0) is 18.8 Å². The van der Waals surface area contributed by atoms with Gasteiger partial charge in [-0.1, -0.05) is 13.3 Å². The molecular weight excluding hydrogens is 178 g/mol. The topological polar surface area (TPSA) is 56.6 Å². The smallest absolute Gasteiger partial charge is 0.191 e. The van der Waals surface area contributed by atoms with Crippen LogP contribution in [0.5, 0.6) is 0 Å². The van der Waals surface area contributed by atoms with Crippen LogP contribution < -0.4 is 10.6 Å². The van der Waals surface area contributed by atoms with E-state index in [1.54, 1.807) is 0 Å². The van der Waals surface area contributed by atoms with Gasteiger partial charge in [0.2, 0.25) is 0 Å². The monoisotopic (exact) mass is 199 g/mol. The number of aliphatic hydroxyl groups excluding tert-OH is 1.